The molecule has 3 fully saturated rings. The van der Waals surface area contributed by atoms with Crippen LogP contribution in [0.25, 0.3) is 11.3 Å². The van der Waals surface area contributed by atoms with Crippen LogP contribution in [0.3, 0.4) is 0 Å². The monoisotopic (exact) mass is 454 g/mol. The summed E-state index contributed by atoms with van der Waals surface area (Å²) in [4.78, 5) is 11.4. The number of nitrogens with zero attached hydrogens (tertiary/aromatic N) is 3. The SMILES string of the molecule is Cc1nc(-c2ccc(C(F)(F)F)cc2)cc([C@H]2CN3CC[C@H]2C[C@@H]3CNS(C)(=O)=O)n1. The molecule has 10 heteroatoms. The highest BCUT2D eigenvalue weighted by Gasteiger charge is 2.41. The maximum atomic E-state index is 12.9. The van der Waals surface area contributed by atoms with Crippen molar-refractivity contribution in [3.8, 4) is 11.3 Å². The van der Waals surface area contributed by atoms with Crippen molar-refractivity contribution in [2.45, 2.75) is 37.9 Å². The Bertz CT molecular complexity index is 1060. The number of alkyl halides is 3. The third-order valence-electron chi connectivity index (χ3n) is 6.21. The highest BCUT2D eigenvalue weighted by molar-refractivity contribution is 7.88. The minimum atomic E-state index is -4.37. The molecule has 1 aromatic heterocycles. The fourth-order valence-electron chi connectivity index (χ4n) is 4.69. The summed E-state index contributed by atoms with van der Waals surface area (Å²) in [5.41, 5.74) is 1.44. The van der Waals surface area contributed by atoms with Crippen LogP contribution < -0.4 is 4.72 Å². The Labute approximate surface area is 179 Å². The molecule has 0 spiro atoms. The number of hydrogen-bond donors (Lipinski definition) is 1. The summed E-state index contributed by atoms with van der Waals surface area (Å²) in [7, 11) is -3.23. The summed E-state index contributed by atoms with van der Waals surface area (Å²) in [6.45, 7) is 3.90. The highest BCUT2D eigenvalue weighted by Crippen LogP contribution is 2.41. The van der Waals surface area contributed by atoms with Crippen molar-refractivity contribution in [1.82, 2.24) is 19.6 Å². The van der Waals surface area contributed by atoms with E-state index in [1.807, 2.05) is 6.07 Å². The molecule has 31 heavy (non-hydrogen) atoms. The quantitative estimate of drug-likeness (QED) is 0.751. The van der Waals surface area contributed by atoms with Crippen LogP contribution in [0.5, 0.6) is 0 Å². The van der Waals surface area contributed by atoms with Crippen molar-refractivity contribution in [1.29, 1.82) is 0 Å². The van der Waals surface area contributed by atoms with E-state index in [4.69, 9.17) is 0 Å². The van der Waals surface area contributed by atoms with Gasteiger partial charge in [0, 0.05) is 36.3 Å². The van der Waals surface area contributed by atoms with Crippen LogP contribution in [0, 0.1) is 12.8 Å². The molecule has 0 radical (unpaired) electrons. The predicted octanol–water partition coefficient (Wildman–Crippen LogP) is 3.20. The molecule has 2 bridgehead atoms. The second-order valence-corrected chi connectivity index (χ2v) is 10.3. The molecule has 0 amide bonds. The fourth-order valence-corrected chi connectivity index (χ4v) is 5.19. The molecule has 1 aromatic carbocycles. The Balaban J connectivity index is 1.54. The summed E-state index contributed by atoms with van der Waals surface area (Å²) < 4.78 is 64.1. The van der Waals surface area contributed by atoms with Crippen molar-refractivity contribution < 1.29 is 21.6 Å². The lowest BCUT2D eigenvalue weighted by atomic mass is 9.74. The van der Waals surface area contributed by atoms with Gasteiger partial charge in [-0.2, -0.15) is 13.2 Å². The van der Waals surface area contributed by atoms with Crippen molar-refractivity contribution in [2.75, 3.05) is 25.9 Å². The van der Waals surface area contributed by atoms with E-state index in [-0.39, 0.29) is 12.0 Å². The average molecular weight is 455 g/mol. The normalized spacial score (nSPS) is 26.2. The molecule has 3 saturated heterocycles. The van der Waals surface area contributed by atoms with E-state index in [1.54, 1.807) is 6.92 Å². The average Bonchev–Trinajstić information content (AvgIpc) is 2.71. The van der Waals surface area contributed by atoms with Gasteiger partial charge < -0.3 is 0 Å². The van der Waals surface area contributed by atoms with E-state index in [1.165, 1.54) is 18.4 Å². The number of fused-ring (bicyclic) bond motifs is 3. The van der Waals surface area contributed by atoms with Gasteiger partial charge in [-0.1, -0.05) is 12.1 Å². The third-order valence-corrected chi connectivity index (χ3v) is 6.90. The number of hydrogen-bond acceptors (Lipinski definition) is 5. The molecule has 5 rings (SSSR count). The molecule has 168 valence electrons. The van der Waals surface area contributed by atoms with Crippen LogP contribution in [-0.2, 0) is 16.2 Å². The Hall–Kier alpha value is -2.04. The van der Waals surface area contributed by atoms with Gasteiger partial charge in [0.05, 0.1) is 17.5 Å². The second-order valence-electron chi connectivity index (χ2n) is 8.46. The van der Waals surface area contributed by atoms with Crippen molar-refractivity contribution >= 4 is 10.0 Å². The first-order valence-corrected chi connectivity index (χ1v) is 12.1. The van der Waals surface area contributed by atoms with Crippen molar-refractivity contribution in [3.63, 3.8) is 0 Å². The molecule has 1 N–H and O–H groups in total. The molecule has 0 aliphatic carbocycles. The van der Waals surface area contributed by atoms with Crippen LogP contribution in [0.4, 0.5) is 13.2 Å². The van der Waals surface area contributed by atoms with Gasteiger partial charge in [0.15, 0.2) is 0 Å². The van der Waals surface area contributed by atoms with Crippen LogP contribution in [0.1, 0.15) is 35.8 Å². The molecule has 0 saturated carbocycles. The second kappa shape index (κ2) is 8.14. The molecule has 3 aliphatic rings. The molecule has 4 heterocycles. The number of sulfonamides is 1. The Morgan fingerprint density at radius 1 is 1.19 bits per heavy atom. The van der Waals surface area contributed by atoms with E-state index in [9.17, 15) is 21.6 Å². The van der Waals surface area contributed by atoms with Gasteiger partial charge in [-0.25, -0.2) is 23.1 Å². The predicted molar refractivity (Wildman–Crippen MR) is 111 cm³/mol. The number of rotatable bonds is 5. The molecule has 4 atom stereocenters. The van der Waals surface area contributed by atoms with Gasteiger partial charge in [-0.05, 0) is 50.4 Å². The zero-order valence-electron chi connectivity index (χ0n) is 17.4. The van der Waals surface area contributed by atoms with Crippen molar-refractivity contribution in [3.05, 3.63) is 47.4 Å². The minimum absolute atomic E-state index is 0.169. The summed E-state index contributed by atoms with van der Waals surface area (Å²) in [5, 5.41) is 0. The van der Waals surface area contributed by atoms with E-state index in [0.717, 1.165) is 43.8 Å². The largest absolute Gasteiger partial charge is 0.416 e. The summed E-state index contributed by atoms with van der Waals surface area (Å²) in [6, 6.07) is 7.07. The Morgan fingerprint density at radius 3 is 2.48 bits per heavy atom. The van der Waals surface area contributed by atoms with Gasteiger partial charge in [-0.15, -0.1) is 0 Å². The topological polar surface area (TPSA) is 75.2 Å². The zero-order chi connectivity index (χ0) is 22.4. The van der Waals surface area contributed by atoms with Crippen LogP contribution >= 0.6 is 0 Å². The molecular weight excluding hydrogens is 429 g/mol. The number of halogens is 3. The van der Waals surface area contributed by atoms with Gasteiger partial charge >= 0.3 is 6.18 Å². The van der Waals surface area contributed by atoms with E-state index >= 15 is 0 Å². The molecular formula is C21H25F3N4O2S. The lowest BCUT2D eigenvalue weighted by Crippen LogP contribution is -2.56. The number of nitrogens with one attached hydrogen (secondary N) is 1. The summed E-state index contributed by atoms with van der Waals surface area (Å²) >= 11 is 0. The third kappa shape index (κ3) is 5.07. The number of aromatic nitrogens is 2. The fraction of sp³-hybridized carbons (Fsp3) is 0.524. The highest BCUT2D eigenvalue weighted by atomic mass is 32.2. The summed E-state index contributed by atoms with van der Waals surface area (Å²) in [6.07, 6.45) is -1.31. The van der Waals surface area contributed by atoms with Gasteiger partial charge in [-0.3, -0.25) is 4.90 Å². The minimum Gasteiger partial charge on any atom is -0.298 e. The molecule has 3 aliphatic heterocycles. The zero-order valence-corrected chi connectivity index (χ0v) is 18.2. The lowest BCUT2D eigenvalue weighted by molar-refractivity contribution is -0.137. The maximum absolute atomic E-state index is 12.9. The van der Waals surface area contributed by atoms with Crippen LogP contribution in [0.2, 0.25) is 0 Å². The number of piperidine rings is 3. The maximum Gasteiger partial charge on any atom is 0.416 e. The van der Waals surface area contributed by atoms with Crippen molar-refractivity contribution in [2.24, 2.45) is 5.92 Å². The van der Waals surface area contributed by atoms with Crippen LogP contribution in [0.15, 0.2) is 30.3 Å². The van der Waals surface area contributed by atoms with E-state index < -0.39 is 21.8 Å². The first-order chi connectivity index (χ1) is 14.5. The smallest absolute Gasteiger partial charge is 0.298 e. The number of benzene rings is 1. The Morgan fingerprint density at radius 2 is 1.90 bits per heavy atom. The van der Waals surface area contributed by atoms with Gasteiger partial charge in [0.1, 0.15) is 5.82 Å². The molecule has 2 aromatic rings. The first kappa shape index (κ1) is 22.2. The lowest BCUT2D eigenvalue weighted by Gasteiger charge is -2.49. The van der Waals surface area contributed by atoms with Crippen LogP contribution in [-0.4, -0.2) is 55.2 Å². The van der Waals surface area contributed by atoms with Gasteiger partial charge in [0.25, 0.3) is 0 Å². The van der Waals surface area contributed by atoms with Gasteiger partial charge in [0.2, 0.25) is 10.0 Å². The standard InChI is InChI=1S/C21H25F3N4O2S/c1-13-26-19(14-3-5-16(6-4-14)21(22,23)24)10-20(27-13)18-12-28-8-7-15(18)9-17(28)11-25-31(2,29)30/h3-6,10,15,17-18,25H,7-9,11-12H2,1-2H3/t15-,17+,18-/m0/s1. The number of aryl methyl sites for hydroxylation is 1. The van der Waals surface area contributed by atoms with E-state index in [0.29, 0.717) is 29.5 Å². The Kier molecular flexibility index (Phi) is 5.82. The van der Waals surface area contributed by atoms with E-state index in [2.05, 4.69) is 19.6 Å². The first-order valence-electron chi connectivity index (χ1n) is 10.2. The molecule has 6 nitrogen and oxygen atoms in total. The summed E-state index contributed by atoms with van der Waals surface area (Å²) in [5.74, 6) is 1.16. The molecule has 1 unspecified atom stereocenters.